The Morgan fingerprint density at radius 3 is 2.53 bits per heavy atom. The lowest BCUT2D eigenvalue weighted by molar-refractivity contribution is -0.137. The quantitative estimate of drug-likeness (QED) is 0.705. The molecule has 0 aliphatic carbocycles. The Bertz CT molecular complexity index is 555. The largest absolute Gasteiger partial charge is 0.420 e. The second kappa shape index (κ2) is 4.55. The monoisotopic (exact) mass is 342 g/mol. The van der Waals surface area contributed by atoms with Crippen LogP contribution in [0.3, 0.4) is 0 Å². The molecule has 0 aliphatic rings. The highest BCUT2D eigenvalue weighted by Gasteiger charge is 2.35. The van der Waals surface area contributed by atoms with Gasteiger partial charge in [-0.3, -0.25) is 0 Å². The van der Waals surface area contributed by atoms with Crippen LogP contribution in [0, 0.1) is 0 Å². The van der Waals surface area contributed by atoms with Crippen LogP contribution in [-0.4, -0.2) is 9.97 Å². The molecule has 17 heavy (non-hydrogen) atoms. The van der Waals surface area contributed by atoms with Crippen LogP contribution in [0.25, 0.3) is 10.6 Å². The van der Waals surface area contributed by atoms with Gasteiger partial charge in [0.25, 0.3) is 0 Å². The highest BCUT2D eigenvalue weighted by Crippen LogP contribution is 2.39. The topological polar surface area (TPSA) is 25.8 Å². The summed E-state index contributed by atoms with van der Waals surface area (Å²) in [5, 5.41) is -0.211. The Kier molecular flexibility index (Phi) is 3.42. The van der Waals surface area contributed by atoms with E-state index in [9.17, 15) is 13.2 Å². The van der Waals surface area contributed by atoms with E-state index in [0.717, 1.165) is 15.1 Å². The molecule has 2 aromatic heterocycles. The van der Waals surface area contributed by atoms with Crippen molar-refractivity contribution in [1.82, 2.24) is 9.97 Å². The van der Waals surface area contributed by atoms with E-state index < -0.39 is 11.7 Å². The number of thiophene rings is 1. The Labute approximate surface area is 112 Å². The minimum Gasteiger partial charge on any atom is -0.226 e. The van der Waals surface area contributed by atoms with Crippen LogP contribution >= 0.6 is 38.9 Å². The molecule has 8 heteroatoms. The Hall–Kier alpha value is -0.660. The summed E-state index contributed by atoms with van der Waals surface area (Å²) in [6.45, 7) is 0. The van der Waals surface area contributed by atoms with E-state index in [-0.39, 0.29) is 11.0 Å². The zero-order valence-corrected chi connectivity index (χ0v) is 11.1. The molecule has 90 valence electrons. The SMILES string of the molecule is FC(F)(F)c1cnc(Cl)nc1-c1ccc(Br)s1. The number of rotatable bonds is 1. The molecule has 0 radical (unpaired) electrons. The number of alkyl halides is 3. The summed E-state index contributed by atoms with van der Waals surface area (Å²) in [4.78, 5) is 7.40. The van der Waals surface area contributed by atoms with Crippen molar-refractivity contribution in [3.8, 4) is 10.6 Å². The van der Waals surface area contributed by atoms with Gasteiger partial charge in [-0.25, -0.2) is 9.97 Å². The number of hydrogen-bond acceptors (Lipinski definition) is 3. The highest BCUT2D eigenvalue weighted by atomic mass is 79.9. The van der Waals surface area contributed by atoms with Gasteiger partial charge < -0.3 is 0 Å². The summed E-state index contributed by atoms with van der Waals surface area (Å²) in [7, 11) is 0. The fraction of sp³-hybridized carbons (Fsp3) is 0.111. The van der Waals surface area contributed by atoms with E-state index in [1.54, 1.807) is 12.1 Å². The molecule has 0 N–H and O–H groups in total. The standard InChI is InChI=1S/C9H3BrClF3N2S/c10-6-2-1-5(17-6)7-4(9(12,13)14)3-15-8(11)16-7/h1-3H. The molecule has 0 aromatic carbocycles. The van der Waals surface area contributed by atoms with Crippen LogP contribution in [-0.2, 0) is 6.18 Å². The summed E-state index contributed by atoms with van der Waals surface area (Å²) in [5.74, 6) is 0. The first-order valence-corrected chi connectivity index (χ1v) is 6.22. The van der Waals surface area contributed by atoms with Gasteiger partial charge in [0.1, 0.15) is 5.56 Å². The van der Waals surface area contributed by atoms with Crippen LogP contribution in [0.1, 0.15) is 5.56 Å². The van der Waals surface area contributed by atoms with Gasteiger partial charge >= 0.3 is 6.18 Å². The Morgan fingerprint density at radius 1 is 1.29 bits per heavy atom. The Morgan fingerprint density at radius 2 is 2.00 bits per heavy atom. The summed E-state index contributed by atoms with van der Waals surface area (Å²) < 4.78 is 38.9. The highest BCUT2D eigenvalue weighted by molar-refractivity contribution is 9.11. The molecular formula is C9H3BrClF3N2S. The summed E-state index contributed by atoms with van der Waals surface area (Å²) in [6, 6.07) is 3.19. The molecule has 0 bridgehead atoms. The van der Waals surface area contributed by atoms with Gasteiger partial charge in [-0.15, -0.1) is 11.3 Å². The summed E-state index contributed by atoms with van der Waals surface area (Å²) in [5.41, 5.74) is -1.09. The zero-order chi connectivity index (χ0) is 12.6. The van der Waals surface area contributed by atoms with Gasteiger partial charge in [-0.1, -0.05) is 0 Å². The first kappa shape index (κ1) is 12.8. The third-order valence-electron chi connectivity index (χ3n) is 1.87. The maximum absolute atomic E-state index is 12.7. The molecule has 2 nitrogen and oxygen atoms in total. The van der Waals surface area contributed by atoms with Gasteiger partial charge in [0.05, 0.1) is 14.4 Å². The van der Waals surface area contributed by atoms with Crippen molar-refractivity contribution in [3.05, 3.63) is 33.0 Å². The van der Waals surface area contributed by atoms with E-state index in [1.165, 1.54) is 0 Å². The van der Waals surface area contributed by atoms with Crippen LogP contribution in [0.4, 0.5) is 13.2 Å². The minimum absolute atomic E-state index is 0.201. The molecule has 2 aromatic rings. The lowest BCUT2D eigenvalue weighted by Crippen LogP contribution is -2.09. The van der Waals surface area contributed by atoms with E-state index >= 15 is 0 Å². The van der Waals surface area contributed by atoms with Gasteiger partial charge in [-0.2, -0.15) is 13.2 Å². The van der Waals surface area contributed by atoms with E-state index in [2.05, 4.69) is 25.9 Å². The molecule has 2 heterocycles. The van der Waals surface area contributed by atoms with E-state index in [1.807, 2.05) is 0 Å². The first-order chi connectivity index (χ1) is 7.88. The fourth-order valence-corrected chi connectivity index (χ4v) is 2.72. The van der Waals surface area contributed by atoms with Crippen LogP contribution in [0.2, 0.25) is 5.28 Å². The maximum Gasteiger partial charge on any atom is 0.420 e. The van der Waals surface area contributed by atoms with Crippen molar-refractivity contribution in [1.29, 1.82) is 0 Å². The molecule has 2 rings (SSSR count). The number of aromatic nitrogens is 2. The van der Waals surface area contributed by atoms with Crippen molar-refractivity contribution in [2.24, 2.45) is 0 Å². The normalized spacial score (nSPS) is 11.8. The molecule has 0 atom stereocenters. The second-order valence-electron chi connectivity index (χ2n) is 3.00. The molecule has 0 spiro atoms. The molecule has 0 saturated carbocycles. The lowest BCUT2D eigenvalue weighted by Gasteiger charge is -2.09. The molecular weight excluding hydrogens is 341 g/mol. The van der Waals surface area contributed by atoms with Crippen LogP contribution in [0.15, 0.2) is 22.1 Å². The van der Waals surface area contributed by atoms with Crippen LogP contribution < -0.4 is 0 Å². The zero-order valence-electron chi connectivity index (χ0n) is 7.92. The van der Waals surface area contributed by atoms with Crippen molar-refractivity contribution < 1.29 is 13.2 Å². The average molecular weight is 344 g/mol. The van der Waals surface area contributed by atoms with E-state index in [0.29, 0.717) is 11.1 Å². The molecule has 0 fully saturated rings. The molecule has 0 amide bonds. The first-order valence-electron chi connectivity index (χ1n) is 4.23. The molecule has 0 saturated heterocycles. The fourth-order valence-electron chi connectivity index (χ4n) is 1.20. The van der Waals surface area contributed by atoms with Crippen LogP contribution in [0.5, 0.6) is 0 Å². The summed E-state index contributed by atoms with van der Waals surface area (Å²) >= 11 is 9.86. The smallest absolute Gasteiger partial charge is 0.226 e. The molecule has 0 unspecified atom stereocenters. The van der Waals surface area contributed by atoms with Crippen molar-refractivity contribution >= 4 is 38.9 Å². The minimum atomic E-state index is -4.50. The second-order valence-corrected chi connectivity index (χ2v) is 5.80. The van der Waals surface area contributed by atoms with Gasteiger partial charge in [-0.05, 0) is 39.7 Å². The predicted molar refractivity (Wildman–Crippen MR) is 63.1 cm³/mol. The molecule has 0 aliphatic heterocycles. The predicted octanol–water partition coefficient (Wildman–Crippen LogP) is 4.64. The van der Waals surface area contributed by atoms with Crippen molar-refractivity contribution in [2.45, 2.75) is 6.18 Å². The van der Waals surface area contributed by atoms with Gasteiger partial charge in [0, 0.05) is 6.20 Å². The Balaban J connectivity index is 2.63. The summed E-state index contributed by atoms with van der Waals surface area (Å²) in [6.07, 6.45) is -3.81. The van der Waals surface area contributed by atoms with Crippen molar-refractivity contribution in [3.63, 3.8) is 0 Å². The van der Waals surface area contributed by atoms with Gasteiger partial charge in [0.15, 0.2) is 0 Å². The number of hydrogen-bond donors (Lipinski definition) is 0. The van der Waals surface area contributed by atoms with Gasteiger partial charge in [0.2, 0.25) is 5.28 Å². The number of nitrogens with zero attached hydrogens (tertiary/aromatic N) is 2. The third kappa shape index (κ3) is 2.78. The average Bonchev–Trinajstić information content (AvgIpc) is 2.62. The van der Waals surface area contributed by atoms with E-state index in [4.69, 9.17) is 11.6 Å². The lowest BCUT2D eigenvalue weighted by atomic mass is 10.2. The number of halogens is 5. The maximum atomic E-state index is 12.7. The third-order valence-corrected chi connectivity index (χ3v) is 3.68. The van der Waals surface area contributed by atoms with Crippen molar-refractivity contribution in [2.75, 3.05) is 0 Å².